The standard InChI is InChI=1S/C15H22N2O3/c1-11(2)16-9-8-14(18)17-13(15(19)20)10-12-6-4-3-5-7-12/h3-7,11,13,16H,8-10H2,1-2H3,(H,17,18)(H,19,20)/t13-/m1/s1. The number of carbonyl (C=O) groups is 2. The fourth-order valence-electron chi connectivity index (χ4n) is 1.79. The van der Waals surface area contributed by atoms with Crippen molar-refractivity contribution in [1.82, 2.24) is 10.6 Å². The summed E-state index contributed by atoms with van der Waals surface area (Å²) in [6.07, 6.45) is 0.566. The van der Waals surface area contributed by atoms with Gasteiger partial charge in [-0.3, -0.25) is 4.79 Å². The van der Waals surface area contributed by atoms with Crippen molar-refractivity contribution in [3.05, 3.63) is 35.9 Å². The molecule has 1 rings (SSSR count). The van der Waals surface area contributed by atoms with Gasteiger partial charge in [-0.05, 0) is 5.56 Å². The quantitative estimate of drug-likeness (QED) is 0.667. The fourth-order valence-corrected chi connectivity index (χ4v) is 1.79. The maximum Gasteiger partial charge on any atom is 0.326 e. The van der Waals surface area contributed by atoms with E-state index in [0.717, 1.165) is 5.56 Å². The minimum atomic E-state index is -1.01. The van der Waals surface area contributed by atoms with Gasteiger partial charge in [-0.25, -0.2) is 4.79 Å². The average molecular weight is 278 g/mol. The lowest BCUT2D eigenvalue weighted by Crippen LogP contribution is -2.43. The van der Waals surface area contributed by atoms with E-state index in [1.807, 2.05) is 44.2 Å². The van der Waals surface area contributed by atoms with Crippen LogP contribution < -0.4 is 10.6 Å². The van der Waals surface area contributed by atoms with Crippen LogP contribution in [0.3, 0.4) is 0 Å². The highest BCUT2D eigenvalue weighted by molar-refractivity contribution is 5.83. The van der Waals surface area contributed by atoms with Crippen LogP contribution in [0.1, 0.15) is 25.8 Å². The lowest BCUT2D eigenvalue weighted by atomic mass is 10.1. The second-order valence-corrected chi connectivity index (χ2v) is 5.01. The molecule has 20 heavy (non-hydrogen) atoms. The Hall–Kier alpha value is -1.88. The van der Waals surface area contributed by atoms with E-state index in [1.54, 1.807) is 0 Å². The van der Waals surface area contributed by atoms with Crippen LogP contribution in [0.5, 0.6) is 0 Å². The molecule has 0 unspecified atom stereocenters. The molecule has 3 N–H and O–H groups in total. The van der Waals surface area contributed by atoms with Gasteiger partial charge >= 0.3 is 5.97 Å². The summed E-state index contributed by atoms with van der Waals surface area (Å²) in [5.41, 5.74) is 0.889. The molecular formula is C15H22N2O3. The average Bonchev–Trinajstić information content (AvgIpc) is 2.38. The molecule has 0 fully saturated rings. The molecule has 0 saturated carbocycles. The molecule has 0 spiro atoms. The molecule has 1 amide bonds. The van der Waals surface area contributed by atoms with Crippen molar-refractivity contribution in [2.24, 2.45) is 0 Å². The number of amides is 1. The molecule has 0 aliphatic carbocycles. The Morgan fingerprint density at radius 2 is 1.85 bits per heavy atom. The smallest absolute Gasteiger partial charge is 0.326 e. The second kappa shape index (κ2) is 8.32. The highest BCUT2D eigenvalue weighted by Crippen LogP contribution is 2.03. The molecule has 0 aromatic heterocycles. The Bertz CT molecular complexity index is 432. The maximum atomic E-state index is 11.7. The highest BCUT2D eigenvalue weighted by Gasteiger charge is 2.19. The third-order valence-corrected chi connectivity index (χ3v) is 2.82. The van der Waals surface area contributed by atoms with E-state index in [0.29, 0.717) is 19.0 Å². The van der Waals surface area contributed by atoms with E-state index in [2.05, 4.69) is 10.6 Å². The number of hydrogen-bond acceptors (Lipinski definition) is 3. The van der Waals surface area contributed by atoms with Gasteiger partial charge in [-0.15, -0.1) is 0 Å². The number of rotatable bonds is 8. The summed E-state index contributed by atoms with van der Waals surface area (Å²) in [6, 6.07) is 8.69. The third kappa shape index (κ3) is 6.33. The molecule has 0 heterocycles. The Labute approximate surface area is 119 Å². The molecule has 0 radical (unpaired) electrons. The van der Waals surface area contributed by atoms with Crippen molar-refractivity contribution in [2.75, 3.05) is 6.54 Å². The Balaban J connectivity index is 2.47. The Morgan fingerprint density at radius 1 is 1.20 bits per heavy atom. The van der Waals surface area contributed by atoms with Gasteiger partial charge in [0.1, 0.15) is 6.04 Å². The Kier molecular flexibility index (Phi) is 6.73. The third-order valence-electron chi connectivity index (χ3n) is 2.82. The van der Waals surface area contributed by atoms with Gasteiger partial charge in [0.15, 0.2) is 0 Å². The monoisotopic (exact) mass is 278 g/mol. The van der Waals surface area contributed by atoms with E-state index >= 15 is 0 Å². The van der Waals surface area contributed by atoms with Crippen molar-refractivity contribution in [1.29, 1.82) is 0 Å². The highest BCUT2D eigenvalue weighted by atomic mass is 16.4. The molecule has 1 atom stereocenters. The van der Waals surface area contributed by atoms with Gasteiger partial charge in [-0.2, -0.15) is 0 Å². The van der Waals surface area contributed by atoms with E-state index in [9.17, 15) is 9.59 Å². The van der Waals surface area contributed by atoms with Gasteiger partial charge < -0.3 is 15.7 Å². The van der Waals surface area contributed by atoms with Crippen LogP contribution in [0.15, 0.2) is 30.3 Å². The molecule has 0 aliphatic heterocycles. The summed E-state index contributed by atoms with van der Waals surface area (Å²) in [5.74, 6) is -1.26. The normalized spacial score (nSPS) is 12.2. The van der Waals surface area contributed by atoms with E-state index < -0.39 is 12.0 Å². The fraction of sp³-hybridized carbons (Fsp3) is 0.467. The Morgan fingerprint density at radius 3 is 2.40 bits per heavy atom. The molecular weight excluding hydrogens is 256 g/mol. The van der Waals surface area contributed by atoms with Gasteiger partial charge in [0, 0.05) is 25.4 Å². The summed E-state index contributed by atoms with van der Waals surface area (Å²) in [5, 5.41) is 14.8. The van der Waals surface area contributed by atoms with E-state index in [1.165, 1.54) is 0 Å². The van der Waals surface area contributed by atoms with Crippen LogP contribution in [0, 0.1) is 0 Å². The summed E-state index contributed by atoms with van der Waals surface area (Å²) in [7, 11) is 0. The number of benzene rings is 1. The van der Waals surface area contributed by atoms with Gasteiger partial charge in [0.25, 0.3) is 0 Å². The molecule has 110 valence electrons. The molecule has 0 aliphatic rings. The van der Waals surface area contributed by atoms with Gasteiger partial charge in [-0.1, -0.05) is 44.2 Å². The predicted octanol–water partition coefficient (Wildman–Crippen LogP) is 1.19. The van der Waals surface area contributed by atoms with Crippen LogP contribution in [0.25, 0.3) is 0 Å². The van der Waals surface area contributed by atoms with Crippen molar-refractivity contribution >= 4 is 11.9 Å². The first kappa shape index (κ1) is 16.2. The summed E-state index contributed by atoms with van der Waals surface area (Å²) >= 11 is 0. The molecule has 1 aromatic rings. The van der Waals surface area contributed by atoms with Crippen LogP contribution in [-0.4, -0.2) is 35.6 Å². The van der Waals surface area contributed by atoms with E-state index in [-0.39, 0.29) is 12.3 Å². The van der Waals surface area contributed by atoms with Gasteiger partial charge in [0.05, 0.1) is 0 Å². The topological polar surface area (TPSA) is 78.4 Å². The summed E-state index contributed by atoms with van der Waals surface area (Å²) in [4.78, 5) is 22.9. The molecule has 0 bridgehead atoms. The predicted molar refractivity (Wildman–Crippen MR) is 77.5 cm³/mol. The SMILES string of the molecule is CC(C)NCCC(=O)N[C@H](Cc1ccccc1)C(=O)O. The lowest BCUT2D eigenvalue weighted by Gasteiger charge is -2.15. The zero-order chi connectivity index (χ0) is 15.0. The molecule has 5 heteroatoms. The zero-order valence-corrected chi connectivity index (χ0v) is 11.9. The van der Waals surface area contributed by atoms with Crippen LogP contribution >= 0.6 is 0 Å². The number of carboxylic acids is 1. The lowest BCUT2D eigenvalue weighted by molar-refractivity contribution is -0.141. The first-order chi connectivity index (χ1) is 9.49. The minimum Gasteiger partial charge on any atom is -0.480 e. The van der Waals surface area contributed by atoms with Crippen LogP contribution in [0.2, 0.25) is 0 Å². The molecule has 1 aromatic carbocycles. The number of nitrogens with one attached hydrogen (secondary N) is 2. The zero-order valence-electron chi connectivity index (χ0n) is 11.9. The number of hydrogen-bond donors (Lipinski definition) is 3. The summed E-state index contributed by atoms with van der Waals surface area (Å²) in [6.45, 7) is 4.53. The van der Waals surface area contributed by atoms with Gasteiger partial charge in [0.2, 0.25) is 5.91 Å². The van der Waals surface area contributed by atoms with Crippen molar-refractivity contribution in [3.8, 4) is 0 Å². The molecule has 0 saturated heterocycles. The van der Waals surface area contributed by atoms with Crippen LogP contribution in [0.4, 0.5) is 0 Å². The van der Waals surface area contributed by atoms with E-state index in [4.69, 9.17) is 5.11 Å². The van der Waals surface area contributed by atoms with Crippen molar-refractivity contribution < 1.29 is 14.7 Å². The minimum absolute atomic E-state index is 0.249. The number of aliphatic carboxylic acids is 1. The first-order valence-electron chi connectivity index (χ1n) is 6.78. The van der Waals surface area contributed by atoms with Crippen molar-refractivity contribution in [2.45, 2.75) is 38.8 Å². The largest absolute Gasteiger partial charge is 0.480 e. The second-order valence-electron chi connectivity index (χ2n) is 5.01. The van der Waals surface area contributed by atoms with Crippen molar-refractivity contribution in [3.63, 3.8) is 0 Å². The number of carboxylic acid groups (broad SMARTS) is 1. The first-order valence-corrected chi connectivity index (χ1v) is 6.78. The maximum absolute atomic E-state index is 11.7. The summed E-state index contributed by atoms with van der Waals surface area (Å²) < 4.78 is 0. The number of carbonyl (C=O) groups excluding carboxylic acids is 1. The molecule has 5 nitrogen and oxygen atoms in total. The van der Waals surface area contributed by atoms with Crippen LogP contribution in [-0.2, 0) is 16.0 Å².